The van der Waals surface area contributed by atoms with E-state index in [0.717, 1.165) is 5.56 Å². The standard InChI is InChI=1S/C11H14N2O2S/c1-9-3-5-11(6-4-9)16(14,15)13-8-7-12-10(13)2/h3-6H,7-8H2,1-2H3/p+1. The number of nitrogens with one attached hydrogen (secondary N) is 1. The molecule has 0 aromatic heterocycles. The number of amidine groups is 1. The van der Waals surface area contributed by atoms with Crippen LogP contribution in [0.5, 0.6) is 0 Å². The van der Waals surface area contributed by atoms with Crippen LogP contribution < -0.4 is 5.32 Å². The highest BCUT2D eigenvalue weighted by atomic mass is 32.2. The van der Waals surface area contributed by atoms with Crippen molar-refractivity contribution in [1.29, 1.82) is 0 Å². The molecule has 5 heteroatoms. The molecule has 2 rings (SSSR count). The molecule has 16 heavy (non-hydrogen) atoms. The molecule has 0 aliphatic carbocycles. The summed E-state index contributed by atoms with van der Waals surface area (Å²) in [7, 11) is -3.37. The third-order valence-electron chi connectivity index (χ3n) is 2.68. The van der Waals surface area contributed by atoms with Crippen molar-refractivity contribution in [3.63, 3.8) is 0 Å². The molecule has 4 nitrogen and oxygen atoms in total. The summed E-state index contributed by atoms with van der Waals surface area (Å²) in [5, 5.41) is 3.02. The zero-order valence-electron chi connectivity index (χ0n) is 9.40. The van der Waals surface area contributed by atoms with Crippen LogP contribution in [0.25, 0.3) is 0 Å². The van der Waals surface area contributed by atoms with Gasteiger partial charge in [-0.2, -0.15) is 8.42 Å². The molecule has 0 spiro atoms. The van der Waals surface area contributed by atoms with E-state index in [9.17, 15) is 8.42 Å². The van der Waals surface area contributed by atoms with Gasteiger partial charge in [-0.3, -0.25) is 5.32 Å². The number of hydrogen-bond donors (Lipinski definition) is 1. The molecular formula is C11H15N2O2S+. The number of aryl methyl sites for hydroxylation is 1. The Bertz CT molecular complexity index is 530. The van der Waals surface area contributed by atoms with Gasteiger partial charge in [-0.25, -0.2) is 0 Å². The van der Waals surface area contributed by atoms with Gasteiger partial charge in [0.2, 0.25) is 0 Å². The van der Waals surface area contributed by atoms with Crippen molar-refractivity contribution in [1.82, 2.24) is 5.32 Å². The fraction of sp³-hybridized carbons (Fsp3) is 0.364. The monoisotopic (exact) mass is 239 g/mol. The first-order valence-electron chi connectivity index (χ1n) is 5.18. The second kappa shape index (κ2) is 3.90. The van der Waals surface area contributed by atoms with Crippen LogP contribution in [0.4, 0.5) is 0 Å². The lowest BCUT2D eigenvalue weighted by Crippen LogP contribution is -2.25. The van der Waals surface area contributed by atoms with Crippen LogP contribution in [0, 0.1) is 6.92 Å². The molecule has 0 amide bonds. The van der Waals surface area contributed by atoms with Crippen LogP contribution in [-0.2, 0) is 10.0 Å². The van der Waals surface area contributed by atoms with E-state index in [-0.39, 0.29) is 0 Å². The van der Waals surface area contributed by atoms with Gasteiger partial charge in [0.1, 0.15) is 18.0 Å². The number of rotatable bonds is 2. The first-order valence-corrected chi connectivity index (χ1v) is 6.62. The predicted molar refractivity (Wildman–Crippen MR) is 62.2 cm³/mol. The molecule has 0 saturated carbocycles. The highest BCUT2D eigenvalue weighted by Crippen LogP contribution is 2.14. The van der Waals surface area contributed by atoms with E-state index >= 15 is 0 Å². The molecule has 1 N–H and O–H groups in total. The van der Waals surface area contributed by atoms with Crippen LogP contribution in [0.3, 0.4) is 0 Å². The van der Waals surface area contributed by atoms with Crippen molar-refractivity contribution in [3.8, 4) is 0 Å². The second-order valence-electron chi connectivity index (χ2n) is 3.90. The van der Waals surface area contributed by atoms with Crippen molar-refractivity contribution in [3.05, 3.63) is 29.8 Å². The van der Waals surface area contributed by atoms with E-state index < -0.39 is 10.0 Å². The first kappa shape index (κ1) is 11.1. The highest BCUT2D eigenvalue weighted by molar-refractivity contribution is 7.85. The van der Waals surface area contributed by atoms with Gasteiger partial charge in [0, 0.05) is 6.92 Å². The van der Waals surface area contributed by atoms with Gasteiger partial charge < -0.3 is 0 Å². The zero-order chi connectivity index (χ0) is 11.8. The number of hydrogen-bond acceptors (Lipinski definition) is 3. The summed E-state index contributed by atoms with van der Waals surface area (Å²) in [6.07, 6.45) is 0. The smallest absolute Gasteiger partial charge is 0.274 e. The molecule has 1 aromatic carbocycles. The molecule has 1 heterocycles. The number of benzene rings is 1. The Morgan fingerprint density at radius 2 is 1.81 bits per heavy atom. The van der Waals surface area contributed by atoms with E-state index in [1.54, 1.807) is 19.1 Å². The minimum absolute atomic E-state index is 0.348. The Balaban J connectivity index is 2.47. The van der Waals surface area contributed by atoms with Gasteiger partial charge in [-0.05, 0) is 19.1 Å². The summed E-state index contributed by atoms with van der Waals surface area (Å²) in [6.45, 7) is 4.89. The lowest BCUT2D eigenvalue weighted by molar-refractivity contribution is -0.353. The Hall–Kier alpha value is -1.36. The molecule has 0 fully saturated rings. The van der Waals surface area contributed by atoms with Gasteiger partial charge in [0.25, 0.3) is 5.84 Å². The third kappa shape index (κ3) is 1.82. The molecule has 0 radical (unpaired) electrons. The average molecular weight is 239 g/mol. The van der Waals surface area contributed by atoms with Crippen molar-refractivity contribution in [2.75, 3.05) is 13.1 Å². The summed E-state index contributed by atoms with van der Waals surface area (Å²) in [6, 6.07) is 6.92. The zero-order valence-corrected chi connectivity index (χ0v) is 10.2. The maximum atomic E-state index is 12.2. The van der Waals surface area contributed by atoms with Gasteiger partial charge >= 0.3 is 10.0 Å². The summed E-state index contributed by atoms with van der Waals surface area (Å²) in [4.78, 5) is 0.348. The van der Waals surface area contributed by atoms with Gasteiger partial charge in [-0.1, -0.05) is 17.7 Å². The molecule has 1 aliphatic rings. The fourth-order valence-corrected chi connectivity index (χ4v) is 3.22. The molecule has 0 saturated heterocycles. The van der Waals surface area contributed by atoms with E-state index in [0.29, 0.717) is 23.8 Å². The third-order valence-corrected chi connectivity index (χ3v) is 4.58. The largest absolute Gasteiger partial charge is 0.330 e. The van der Waals surface area contributed by atoms with Crippen LogP contribution >= 0.6 is 0 Å². The topological polar surface area (TPSA) is 49.2 Å². The first-order chi connectivity index (χ1) is 7.51. The van der Waals surface area contributed by atoms with Gasteiger partial charge in [-0.15, -0.1) is 3.98 Å². The quantitative estimate of drug-likeness (QED) is 0.774. The molecule has 0 atom stereocenters. The van der Waals surface area contributed by atoms with Crippen molar-refractivity contribution in [2.24, 2.45) is 0 Å². The Labute approximate surface area is 95.7 Å². The van der Waals surface area contributed by atoms with Crippen molar-refractivity contribution >= 4 is 15.9 Å². The van der Waals surface area contributed by atoms with Crippen LogP contribution in [0.2, 0.25) is 0 Å². The maximum absolute atomic E-state index is 12.2. The Morgan fingerprint density at radius 1 is 1.19 bits per heavy atom. The highest BCUT2D eigenvalue weighted by Gasteiger charge is 2.29. The van der Waals surface area contributed by atoms with Crippen LogP contribution in [-0.4, -0.2) is 31.3 Å². The average Bonchev–Trinajstić information content (AvgIpc) is 2.66. The number of nitrogens with zero attached hydrogens (tertiary/aromatic N) is 1. The minimum Gasteiger partial charge on any atom is -0.274 e. The summed E-state index contributed by atoms with van der Waals surface area (Å²) in [5.41, 5.74) is 1.05. The number of sulfonamides is 1. The summed E-state index contributed by atoms with van der Waals surface area (Å²) >= 11 is 0. The van der Waals surface area contributed by atoms with E-state index in [2.05, 4.69) is 5.32 Å². The van der Waals surface area contributed by atoms with Crippen LogP contribution in [0.1, 0.15) is 12.5 Å². The maximum Gasteiger partial charge on any atom is 0.330 e. The van der Waals surface area contributed by atoms with Gasteiger partial charge in [0.05, 0.1) is 0 Å². The lowest BCUT2D eigenvalue weighted by Gasteiger charge is -2.04. The summed E-state index contributed by atoms with van der Waals surface area (Å²) in [5.74, 6) is 0.695. The molecule has 0 unspecified atom stereocenters. The van der Waals surface area contributed by atoms with Gasteiger partial charge in [0.15, 0.2) is 0 Å². The van der Waals surface area contributed by atoms with E-state index in [1.807, 2.05) is 19.1 Å². The molecular weight excluding hydrogens is 224 g/mol. The summed E-state index contributed by atoms with van der Waals surface area (Å²) < 4.78 is 25.9. The Kier molecular flexibility index (Phi) is 2.71. The predicted octanol–water partition coefficient (Wildman–Crippen LogP) is 0.718. The van der Waals surface area contributed by atoms with E-state index in [1.165, 1.54) is 3.98 Å². The fourth-order valence-electron chi connectivity index (χ4n) is 1.73. The lowest BCUT2D eigenvalue weighted by atomic mass is 10.2. The minimum atomic E-state index is -3.37. The van der Waals surface area contributed by atoms with E-state index in [4.69, 9.17) is 0 Å². The molecule has 1 aromatic rings. The Morgan fingerprint density at radius 3 is 2.31 bits per heavy atom. The molecule has 86 valence electrons. The van der Waals surface area contributed by atoms with Crippen molar-refractivity contribution in [2.45, 2.75) is 18.7 Å². The SMILES string of the molecule is CC1=[N+](S(=O)(=O)c2ccc(C)cc2)CCN1. The van der Waals surface area contributed by atoms with Crippen molar-refractivity contribution < 1.29 is 12.4 Å². The van der Waals surface area contributed by atoms with Crippen LogP contribution in [0.15, 0.2) is 29.2 Å². The molecule has 1 aliphatic heterocycles. The second-order valence-corrected chi connectivity index (χ2v) is 5.76. The normalized spacial score (nSPS) is 16.4. The molecule has 0 bridgehead atoms.